The van der Waals surface area contributed by atoms with Gasteiger partial charge in [0.05, 0.1) is 19.2 Å². The summed E-state index contributed by atoms with van der Waals surface area (Å²) in [5.74, 6) is -0.272. The van der Waals surface area contributed by atoms with Gasteiger partial charge >= 0.3 is 0 Å². The molecule has 0 bridgehead atoms. The predicted octanol–water partition coefficient (Wildman–Crippen LogP) is 3.18. The molecule has 0 aliphatic rings. The molecular weight excluding hydrogens is 375 g/mol. The normalized spacial score (nSPS) is 10.2. The molecule has 0 radical (unpaired) electrons. The van der Waals surface area contributed by atoms with Crippen LogP contribution in [-0.2, 0) is 16.0 Å². The van der Waals surface area contributed by atoms with Crippen molar-refractivity contribution in [1.82, 2.24) is 5.32 Å². The zero-order chi connectivity index (χ0) is 19.8. The molecule has 8 heteroatoms. The topological polar surface area (TPSA) is 76.7 Å². The van der Waals surface area contributed by atoms with Crippen molar-refractivity contribution in [2.24, 2.45) is 0 Å². The Hall–Kier alpha value is -2.80. The van der Waals surface area contributed by atoms with Crippen molar-refractivity contribution < 1.29 is 23.5 Å². The Labute approximate surface area is 161 Å². The zero-order valence-corrected chi connectivity index (χ0v) is 15.7. The third kappa shape index (κ3) is 6.14. The smallest absolute Gasteiger partial charge is 0.233 e. The minimum atomic E-state index is -0.581. The summed E-state index contributed by atoms with van der Waals surface area (Å²) in [6.45, 7) is 0.365. The lowest BCUT2D eigenvalue weighted by Crippen LogP contribution is -2.29. The van der Waals surface area contributed by atoms with Gasteiger partial charge in [0.2, 0.25) is 11.8 Å². The van der Waals surface area contributed by atoms with Gasteiger partial charge in [0.15, 0.2) is 11.5 Å². The average Bonchev–Trinajstić information content (AvgIpc) is 2.64. The van der Waals surface area contributed by atoms with E-state index in [-0.39, 0.29) is 11.4 Å². The van der Waals surface area contributed by atoms with Crippen LogP contribution in [0, 0.1) is 5.82 Å². The Balaban J connectivity index is 1.78. The first kappa shape index (κ1) is 20.5. The Morgan fingerprint density at radius 3 is 2.44 bits per heavy atom. The van der Waals surface area contributed by atoms with Crippen LogP contribution in [0.1, 0.15) is 12.0 Å². The van der Waals surface area contributed by atoms with Gasteiger partial charge in [-0.3, -0.25) is 9.59 Å². The molecule has 0 atom stereocenters. The largest absolute Gasteiger partial charge is 0.493 e. The highest BCUT2D eigenvalue weighted by atomic mass is 35.5. The number of nitrogens with one attached hydrogen (secondary N) is 2. The summed E-state index contributed by atoms with van der Waals surface area (Å²) in [6.07, 6.45) is 0.224. The number of ether oxygens (including phenoxy) is 2. The highest BCUT2D eigenvalue weighted by Crippen LogP contribution is 2.27. The van der Waals surface area contributed by atoms with Crippen molar-refractivity contribution in [2.75, 3.05) is 26.1 Å². The first-order valence-corrected chi connectivity index (χ1v) is 8.53. The lowest BCUT2D eigenvalue weighted by atomic mass is 10.1. The second-order valence-electron chi connectivity index (χ2n) is 5.64. The maximum Gasteiger partial charge on any atom is 0.233 e. The van der Waals surface area contributed by atoms with Gasteiger partial charge in [-0.2, -0.15) is 0 Å². The van der Waals surface area contributed by atoms with E-state index in [4.69, 9.17) is 21.1 Å². The quantitative estimate of drug-likeness (QED) is 0.674. The number of benzene rings is 2. The average molecular weight is 395 g/mol. The number of anilines is 1. The molecule has 2 aromatic carbocycles. The fourth-order valence-electron chi connectivity index (χ4n) is 2.37. The van der Waals surface area contributed by atoms with E-state index >= 15 is 0 Å². The monoisotopic (exact) mass is 394 g/mol. The lowest BCUT2D eigenvalue weighted by molar-refractivity contribution is -0.126. The van der Waals surface area contributed by atoms with Crippen molar-refractivity contribution >= 4 is 29.1 Å². The minimum Gasteiger partial charge on any atom is -0.493 e. The molecule has 144 valence electrons. The van der Waals surface area contributed by atoms with Crippen LogP contribution >= 0.6 is 11.6 Å². The fraction of sp³-hybridized carbons (Fsp3) is 0.263. The second-order valence-corrected chi connectivity index (χ2v) is 6.05. The number of halogens is 2. The number of amides is 2. The van der Waals surface area contributed by atoms with Gasteiger partial charge in [0.25, 0.3) is 0 Å². The minimum absolute atomic E-state index is 0.104. The molecular formula is C19H20ClFN2O4. The summed E-state index contributed by atoms with van der Waals surface area (Å²) in [4.78, 5) is 23.7. The molecule has 0 unspecified atom stereocenters. The molecule has 2 aromatic rings. The van der Waals surface area contributed by atoms with Gasteiger partial charge in [0, 0.05) is 12.2 Å². The summed E-state index contributed by atoms with van der Waals surface area (Å²) in [5.41, 5.74) is 1.28. The SMILES string of the molecule is COc1ccc(CCNC(=O)CC(=O)Nc2ccc(F)c(Cl)c2)cc1OC. The van der Waals surface area contributed by atoms with E-state index < -0.39 is 17.6 Å². The Kier molecular flexibility index (Phi) is 7.43. The first-order chi connectivity index (χ1) is 12.9. The first-order valence-electron chi connectivity index (χ1n) is 8.15. The Bertz CT molecular complexity index is 829. The van der Waals surface area contributed by atoms with E-state index in [0.717, 1.165) is 11.6 Å². The molecule has 0 saturated carbocycles. The molecule has 0 heterocycles. The van der Waals surface area contributed by atoms with E-state index in [0.29, 0.717) is 30.2 Å². The van der Waals surface area contributed by atoms with Crippen molar-refractivity contribution in [3.05, 3.63) is 52.8 Å². The molecule has 27 heavy (non-hydrogen) atoms. The molecule has 2 amide bonds. The lowest BCUT2D eigenvalue weighted by Gasteiger charge is -2.10. The van der Waals surface area contributed by atoms with Crippen LogP contribution in [0.15, 0.2) is 36.4 Å². The van der Waals surface area contributed by atoms with Gasteiger partial charge in [-0.1, -0.05) is 17.7 Å². The van der Waals surface area contributed by atoms with Crippen LogP contribution in [0.2, 0.25) is 5.02 Å². The summed E-state index contributed by atoms with van der Waals surface area (Å²) < 4.78 is 23.5. The van der Waals surface area contributed by atoms with Gasteiger partial charge in [-0.05, 0) is 42.3 Å². The van der Waals surface area contributed by atoms with Crippen LogP contribution in [0.5, 0.6) is 11.5 Å². The molecule has 2 rings (SSSR count). The summed E-state index contributed by atoms with van der Waals surface area (Å²) in [5, 5.41) is 5.07. The zero-order valence-electron chi connectivity index (χ0n) is 15.0. The summed E-state index contributed by atoms with van der Waals surface area (Å²) in [6, 6.07) is 9.28. The number of carbonyl (C=O) groups is 2. The fourth-order valence-corrected chi connectivity index (χ4v) is 2.55. The van der Waals surface area contributed by atoms with Gasteiger partial charge in [-0.25, -0.2) is 4.39 Å². The molecule has 6 nitrogen and oxygen atoms in total. The van der Waals surface area contributed by atoms with Crippen LogP contribution < -0.4 is 20.1 Å². The third-order valence-corrected chi connectivity index (χ3v) is 4.00. The van der Waals surface area contributed by atoms with Crippen molar-refractivity contribution in [3.8, 4) is 11.5 Å². The van der Waals surface area contributed by atoms with Crippen molar-refractivity contribution in [1.29, 1.82) is 0 Å². The van der Waals surface area contributed by atoms with Crippen molar-refractivity contribution in [2.45, 2.75) is 12.8 Å². The number of methoxy groups -OCH3 is 2. The van der Waals surface area contributed by atoms with Crippen molar-refractivity contribution in [3.63, 3.8) is 0 Å². The highest BCUT2D eigenvalue weighted by Gasteiger charge is 2.11. The van der Waals surface area contributed by atoms with Gasteiger partial charge < -0.3 is 20.1 Å². The molecule has 0 saturated heterocycles. The maximum absolute atomic E-state index is 13.1. The van der Waals surface area contributed by atoms with Gasteiger partial charge in [0.1, 0.15) is 12.2 Å². The predicted molar refractivity (Wildman–Crippen MR) is 101 cm³/mol. The standard InChI is InChI=1S/C19H20ClFN2O4/c1-26-16-6-3-12(9-17(16)27-2)7-8-22-18(24)11-19(25)23-13-4-5-15(21)14(20)10-13/h3-6,9-10H,7-8,11H2,1-2H3,(H,22,24)(H,23,25). The van der Waals surface area contributed by atoms with E-state index in [9.17, 15) is 14.0 Å². The van der Waals surface area contributed by atoms with Crippen LogP contribution in [0.25, 0.3) is 0 Å². The third-order valence-electron chi connectivity index (χ3n) is 3.71. The number of carbonyl (C=O) groups excluding carboxylic acids is 2. The highest BCUT2D eigenvalue weighted by molar-refractivity contribution is 6.31. The van der Waals surface area contributed by atoms with E-state index in [2.05, 4.69) is 10.6 Å². The van der Waals surface area contributed by atoms with Gasteiger partial charge in [-0.15, -0.1) is 0 Å². The van der Waals surface area contributed by atoms with Crippen LogP contribution in [0.3, 0.4) is 0 Å². The Morgan fingerprint density at radius 2 is 1.78 bits per heavy atom. The number of rotatable bonds is 8. The van der Waals surface area contributed by atoms with Crippen LogP contribution in [-0.4, -0.2) is 32.6 Å². The molecule has 0 aliphatic carbocycles. The molecule has 0 aromatic heterocycles. The number of hydrogen-bond acceptors (Lipinski definition) is 4. The van der Waals surface area contributed by atoms with E-state index in [1.54, 1.807) is 20.3 Å². The van der Waals surface area contributed by atoms with E-state index in [1.165, 1.54) is 12.1 Å². The maximum atomic E-state index is 13.1. The van der Waals surface area contributed by atoms with E-state index in [1.807, 2.05) is 12.1 Å². The molecule has 0 fully saturated rings. The summed E-state index contributed by atoms with van der Waals surface area (Å²) in [7, 11) is 3.11. The second kappa shape index (κ2) is 9.78. The summed E-state index contributed by atoms with van der Waals surface area (Å²) >= 11 is 5.65. The number of hydrogen-bond donors (Lipinski definition) is 2. The Morgan fingerprint density at radius 1 is 1.04 bits per heavy atom. The molecule has 0 aliphatic heterocycles. The molecule has 0 spiro atoms. The molecule has 2 N–H and O–H groups in total. The van der Waals surface area contributed by atoms with Crippen LogP contribution in [0.4, 0.5) is 10.1 Å².